The third-order valence-corrected chi connectivity index (χ3v) is 8.98. The average molecular weight is 589 g/mol. The topological polar surface area (TPSA) is 52.7 Å². The highest BCUT2D eigenvalue weighted by Gasteiger charge is 2.47. The Hall–Kier alpha value is -2.96. The zero-order valence-corrected chi connectivity index (χ0v) is 24.1. The maximum absolute atomic E-state index is 13.4. The summed E-state index contributed by atoms with van der Waals surface area (Å²) < 4.78 is 1.06. The Kier molecular flexibility index (Phi) is 9.15. The van der Waals surface area contributed by atoms with Crippen LogP contribution in [-0.2, 0) is 22.6 Å². The van der Waals surface area contributed by atoms with Crippen molar-refractivity contribution in [3.63, 3.8) is 0 Å². The van der Waals surface area contributed by atoms with Gasteiger partial charge in [-0.15, -0.1) is 0 Å². The van der Waals surface area contributed by atoms with Crippen molar-refractivity contribution in [2.75, 3.05) is 26.2 Å². The summed E-state index contributed by atoms with van der Waals surface area (Å²) in [6, 6.07) is 28.7. The molecule has 1 spiro atoms. The van der Waals surface area contributed by atoms with Crippen LogP contribution in [0.4, 0.5) is 0 Å². The number of nitrogens with one attached hydrogen (secondary N) is 1. The van der Waals surface area contributed by atoms with E-state index < -0.39 is 0 Å². The molecule has 3 aromatic carbocycles. The fourth-order valence-corrected chi connectivity index (χ4v) is 6.28. The minimum absolute atomic E-state index is 0.0140. The molecule has 0 aromatic heterocycles. The predicted octanol–water partition coefficient (Wildman–Crippen LogP) is 6.14. The monoisotopic (exact) mass is 587 g/mol. The van der Waals surface area contributed by atoms with E-state index in [4.69, 9.17) is 0 Å². The number of likely N-dealkylation sites (tertiary alicyclic amines) is 2. The lowest BCUT2D eigenvalue weighted by Gasteiger charge is -2.38. The highest BCUT2D eigenvalue weighted by molar-refractivity contribution is 9.10. The largest absolute Gasteiger partial charge is 0.349 e. The van der Waals surface area contributed by atoms with E-state index >= 15 is 0 Å². The van der Waals surface area contributed by atoms with Gasteiger partial charge in [0.15, 0.2) is 0 Å². The molecule has 0 radical (unpaired) electrons. The Balaban J connectivity index is 1.12. The van der Waals surface area contributed by atoms with E-state index in [0.717, 1.165) is 68.3 Å². The van der Waals surface area contributed by atoms with E-state index in [1.807, 2.05) is 48.5 Å². The number of piperidine rings is 1. The second kappa shape index (κ2) is 12.9. The van der Waals surface area contributed by atoms with Gasteiger partial charge in [-0.05, 0) is 74.0 Å². The number of amides is 2. The quantitative estimate of drug-likeness (QED) is 0.310. The first-order chi connectivity index (χ1) is 19.0. The van der Waals surface area contributed by atoms with Crippen LogP contribution in [0.1, 0.15) is 54.8 Å². The summed E-state index contributed by atoms with van der Waals surface area (Å²) >= 11 is 3.49. The van der Waals surface area contributed by atoms with Gasteiger partial charge in [-0.1, -0.05) is 88.7 Å². The van der Waals surface area contributed by atoms with E-state index in [-0.39, 0.29) is 17.4 Å². The molecular formula is C33H38BrN3O2. The lowest BCUT2D eigenvalue weighted by atomic mass is 9.77. The normalized spacial score (nSPS) is 17.9. The number of rotatable bonds is 10. The van der Waals surface area contributed by atoms with Gasteiger partial charge in [-0.2, -0.15) is 0 Å². The maximum Gasteiger partial charge on any atom is 0.229 e. The molecule has 0 bridgehead atoms. The number of aryl methyl sites for hydroxylation is 1. The van der Waals surface area contributed by atoms with Crippen molar-refractivity contribution in [3.8, 4) is 0 Å². The van der Waals surface area contributed by atoms with Crippen LogP contribution < -0.4 is 5.32 Å². The summed E-state index contributed by atoms with van der Waals surface area (Å²) in [5.74, 6) is 0.422. The zero-order chi connectivity index (χ0) is 27.1. The molecule has 2 heterocycles. The number of carbonyl (C=O) groups is 2. The molecule has 2 aliphatic heterocycles. The van der Waals surface area contributed by atoms with Crippen molar-refractivity contribution in [3.05, 3.63) is 106 Å². The van der Waals surface area contributed by atoms with Gasteiger partial charge in [-0.25, -0.2) is 0 Å². The first-order valence-electron chi connectivity index (χ1n) is 14.2. The molecule has 1 atom stereocenters. The van der Waals surface area contributed by atoms with Crippen LogP contribution in [0.15, 0.2) is 89.4 Å². The Labute approximate surface area is 240 Å². The highest BCUT2D eigenvalue weighted by atomic mass is 79.9. The zero-order valence-electron chi connectivity index (χ0n) is 22.5. The Bertz CT molecular complexity index is 1220. The molecular weight excluding hydrogens is 550 g/mol. The van der Waals surface area contributed by atoms with Crippen LogP contribution in [0, 0.1) is 5.41 Å². The van der Waals surface area contributed by atoms with Crippen LogP contribution in [0.5, 0.6) is 0 Å². The van der Waals surface area contributed by atoms with Gasteiger partial charge in [0.1, 0.15) is 0 Å². The molecule has 2 saturated heterocycles. The average Bonchev–Trinajstić information content (AvgIpc) is 3.27. The van der Waals surface area contributed by atoms with Gasteiger partial charge < -0.3 is 15.1 Å². The van der Waals surface area contributed by atoms with Gasteiger partial charge in [-0.3, -0.25) is 9.59 Å². The molecule has 3 aromatic rings. The second-order valence-electron chi connectivity index (χ2n) is 11.0. The minimum atomic E-state index is -0.198. The van der Waals surface area contributed by atoms with E-state index in [0.29, 0.717) is 18.9 Å². The number of nitrogens with zero attached hydrogens (tertiary/aromatic N) is 2. The number of hydrogen-bond donors (Lipinski definition) is 1. The summed E-state index contributed by atoms with van der Waals surface area (Å²) in [7, 11) is 0. The van der Waals surface area contributed by atoms with Crippen molar-refractivity contribution in [1.29, 1.82) is 0 Å². The predicted molar refractivity (Wildman–Crippen MR) is 159 cm³/mol. The fourth-order valence-electron chi connectivity index (χ4n) is 6.01. The van der Waals surface area contributed by atoms with E-state index in [1.165, 1.54) is 11.1 Å². The van der Waals surface area contributed by atoms with Crippen molar-refractivity contribution >= 4 is 27.7 Å². The van der Waals surface area contributed by atoms with E-state index in [1.54, 1.807) is 0 Å². The number of halogens is 1. The van der Waals surface area contributed by atoms with Gasteiger partial charge in [0.05, 0.1) is 11.5 Å². The van der Waals surface area contributed by atoms with Gasteiger partial charge in [0.2, 0.25) is 11.8 Å². The summed E-state index contributed by atoms with van der Waals surface area (Å²) in [5.41, 5.74) is 3.31. The van der Waals surface area contributed by atoms with Crippen LogP contribution in [0.25, 0.3) is 0 Å². The molecule has 2 aliphatic rings. The van der Waals surface area contributed by atoms with Crippen molar-refractivity contribution < 1.29 is 9.59 Å². The number of hydrogen-bond acceptors (Lipinski definition) is 3. The standard InChI is InChI=1S/C33H38BrN3O2/c34-29-14-11-27(12-15-29)25-37-24-20-33(32(37)39)18-22-36(23-19-33)21-17-30(28-9-5-2-6-10-28)35-31(38)16-13-26-7-3-1-4-8-26/h1-12,14-15,30H,13,16-25H2,(H,35,38). The third-order valence-electron chi connectivity index (χ3n) is 8.46. The van der Waals surface area contributed by atoms with Crippen molar-refractivity contribution in [1.82, 2.24) is 15.1 Å². The van der Waals surface area contributed by atoms with Gasteiger partial charge >= 0.3 is 0 Å². The molecule has 1 unspecified atom stereocenters. The summed E-state index contributed by atoms with van der Waals surface area (Å²) in [5, 5.41) is 3.30. The van der Waals surface area contributed by atoms with Crippen LogP contribution in [-0.4, -0.2) is 47.8 Å². The van der Waals surface area contributed by atoms with Gasteiger partial charge in [0, 0.05) is 30.5 Å². The first kappa shape index (κ1) is 27.6. The molecule has 204 valence electrons. The van der Waals surface area contributed by atoms with E-state index in [9.17, 15) is 9.59 Å². The molecule has 5 rings (SSSR count). The van der Waals surface area contributed by atoms with Crippen LogP contribution in [0.2, 0.25) is 0 Å². The lowest BCUT2D eigenvalue weighted by Crippen LogP contribution is -2.45. The maximum atomic E-state index is 13.4. The molecule has 2 fully saturated rings. The first-order valence-corrected chi connectivity index (χ1v) is 14.9. The summed E-state index contributed by atoms with van der Waals surface area (Å²) in [4.78, 5) is 30.8. The highest BCUT2D eigenvalue weighted by Crippen LogP contribution is 2.42. The summed E-state index contributed by atoms with van der Waals surface area (Å²) in [6.45, 7) is 4.31. The number of carbonyl (C=O) groups excluding carboxylic acids is 2. The Morgan fingerprint density at radius 2 is 1.49 bits per heavy atom. The smallest absolute Gasteiger partial charge is 0.229 e. The lowest BCUT2D eigenvalue weighted by molar-refractivity contribution is -0.139. The molecule has 1 N–H and O–H groups in total. The number of benzene rings is 3. The Morgan fingerprint density at radius 3 is 2.18 bits per heavy atom. The fraction of sp³-hybridized carbons (Fsp3) is 0.394. The molecule has 0 saturated carbocycles. The molecule has 2 amide bonds. The molecule has 6 heteroatoms. The van der Waals surface area contributed by atoms with Crippen LogP contribution in [0.3, 0.4) is 0 Å². The minimum Gasteiger partial charge on any atom is -0.349 e. The molecule has 0 aliphatic carbocycles. The molecule has 5 nitrogen and oxygen atoms in total. The SMILES string of the molecule is O=C(CCc1ccccc1)NC(CCN1CCC2(CC1)CCN(Cc1ccc(Br)cc1)C2=O)c1ccccc1. The second-order valence-corrected chi connectivity index (χ2v) is 11.9. The summed E-state index contributed by atoms with van der Waals surface area (Å²) in [6.07, 6.45) is 4.88. The Morgan fingerprint density at radius 1 is 0.846 bits per heavy atom. The van der Waals surface area contributed by atoms with Crippen LogP contribution >= 0.6 is 15.9 Å². The van der Waals surface area contributed by atoms with E-state index in [2.05, 4.69) is 67.4 Å². The molecule has 39 heavy (non-hydrogen) atoms. The van der Waals surface area contributed by atoms with Crippen molar-refractivity contribution in [2.45, 2.75) is 51.1 Å². The van der Waals surface area contributed by atoms with Gasteiger partial charge in [0.25, 0.3) is 0 Å². The van der Waals surface area contributed by atoms with Crippen molar-refractivity contribution in [2.24, 2.45) is 5.41 Å². The third kappa shape index (κ3) is 7.17.